The number of ether oxygens (including phenoxy) is 2. The molecular formula is C19H26N2O3. The number of carbonyl (C=O) groups excluding carboxylic acids is 1. The van der Waals surface area contributed by atoms with Crippen LogP contribution in [0.5, 0.6) is 0 Å². The Balaban J connectivity index is 1.44. The van der Waals surface area contributed by atoms with Crippen molar-refractivity contribution in [1.29, 1.82) is 0 Å². The van der Waals surface area contributed by atoms with Crippen molar-refractivity contribution in [3.05, 3.63) is 29.8 Å². The first-order valence-corrected chi connectivity index (χ1v) is 9.07. The van der Waals surface area contributed by atoms with E-state index in [9.17, 15) is 4.79 Å². The minimum absolute atomic E-state index is 0.00111. The Bertz CT molecular complexity index is 585. The molecule has 0 radical (unpaired) electrons. The first-order chi connectivity index (χ1) is 11.7. The third-order valence-electron chi connectivity index (χ3n) is 5.57. The Hall–Kier alpha value is -1.43. The minimum atomic E-state index is -0.370. The van der Waals surface area contributed by atoms with Gasteiger partial charge in [0.1, 0.15) is 0 Å². The molecule has 1 aromatic rings. The molecule has 0 saturated carbocycles. The van der Waals surface area contributed by atoms with Gasteiger partial charge < -0.3 is 14.4 Å². The largest absolute Gasteiger partial charge is 0.347 e. The Kier molecular flexibility index (Phi) is 4.33. The van der Waals surface area contributed by atoms with Gasteiger partial charge in [0.05, 0.1) is 19.3 Å². The van der Waals surface area contributed by atoms with Gasteiger partial charge >= 0.3 is 0 Å². The predicted octanol–water partition coefficient (Wildman–Crippen LogP) is 2.33. The van der Waals surface area contributed by atoms with Gasteiger partial charge in [-0.05, 0) is 31.9 Å². The summed E-state index contributed by atoms with van der Waals surface area (Å²) in [6.45, 7) is 6.03. The zero-order chi connectivity index (χ0) is 16.6. The Morgan fingerprint density at radius 3 is 2.38 bits per heavy atom. The molecule has 3 aliphatic rings. The van der Waals surface area contributed by atoms with E-state index in [2.05, 4.69) is 36.1 Å². The molecule has 0 bridgehead atoms. The number of amides is 1. The Labute approximate surface area is 143 Å². The van der Waals surface area contributed by atoms with Crippen molar-refractivity contribution in [2.75, 3.05) is 37.7 Å². The molecule has 0 unspecified atom stereocenters. The molecular weight excluding hydrogens is 304 g/mol. The fourth-order valence-corrected chi connectivity index (χ4v) is 4.14. The molecule has 1 spiro atoms. The van der Waals surface area contributed by atoms with Crippen LogP contribution in [0.1, 0.15) is 31.2 Å². The third kappa shape index (κ3) is 2.96. The van der Waals surface area contributed by atoms with Crippen LogP contribution in [0.15, 0.2) is 24.3 Å². The number of benzene rings is 1. The number of piperidine rings is 2. The quantitative estimate of drug-likeness (QED) is 0.835. The second-order valence-corrected chi connectivity index (χ2v) is 7.13. The summed E-state index contributed by atoms with van der Waals surface area (Å²) in [6, 6.07) is 8.26. The molecule has 0 N–H and O–H groups in total. The lowest BCUT2D eigenvalue weighted by Gasteiger charge is -2.43. The second kappa shape index (κ2) is 6.47. The number of likely N-dealkylation sites (tertiary alicyclic amines) is 1. The van der Waals surface area contributed by atoms with E-state index < -0.39 is 0 Å². The highest BCUT2D eigenvalue weighted by Crippen LogP contribution is 2.33. The highest BCUT2D eigenvalue weighted by atomic mass is 16.7. The molecule has 0 aromatic heterocycles. The molecule has 3 saturated heterocycles. The van der Waals surface area contributed by atoms with Gasteiger partial charge in [0.15, 0.2) is 5.79 Å². The summed E-state index contributed by atoms with van der Waals surface area (Å²) >= 11 is 0. The second-order valence-electron chi connectivity index (χ2n) is 7.13. The molecule has 24 heavy (non-hydrogen) atoms. The zero-order valence-corrected chi connectivity index (χ0v) is 14.4. The van der Waals surface area contributed by atoms with Crippen molar-refractivity contribution < 1.29 is 14.3 Å². The van der Waals surface area contributed by atoms with Crippen molar-refractivity contribution in [2.24, 2.45) is 0 Å². The SMILES string of the molecule is Cc1ccc(N2CCC[C@H](N3CCC4(CC3)OCCO4)C2=O)cc1. The number of anilines is 1. The van der Waals surface area contributed by atoms with Crippen LogP contribution in [0.4, 0.5) is 5.69 Å². The van der Waals surface area contributed by atoms with Crippen LogP contribution in [0.3, 0.4) is 0 Å². The fraction of sp³-hybridized carbons (Fsp3) is 0.632. The summed E-state index contributed by atoms with van der Waals surface area (Å²) in [5.74, 6) is -0.125. The van der Waals surface area contributed by atoms with E-state index in [1.165, 1.54) is 5.56 Å². The van der Waals surface area contributed by atoms with Gasteiger partial charge in [-0.3, -0.25) is 9.69 Å². The number of rotatable bonds is 2. The van der Waals surface area contributed by atoms with E-state index >= 15 is 0 Å². The molecule has 3 fully saturated rings. The fourth-order valence-electron chi connectivity index (χ4n) is 4.14. The molecule has 5 heteroatoms. The molecule has 130 valence electrons. The van der Waals surface area contributed by atoms with Crippen molar-refractivity contribution in [3.8, 4) is 0 Å². The van der Waals surface area contributed by atoms with Gasteiger partial charge in [-0.25, -0.2) is 0 Å². The topological polar surface area (TPSA) is 42.0 Å². The number of hydrogen-bond acceptors (Lipinski definition) is 4. The van der Waals surface area contributed by atoms with E-state index in [-0.39, 0.29) is 17.7 Å². The normalized spacial score (nSPS) is 27.8. The van der Waals surface area contributed by atoms with E-state index in [4.69, 9.17) is 9.47 Å². The van der Waals surface area contributed by atoms with Crippen LogP contribution in [-0.4, -0.2) is 55.5 Å². The summed E-state index contributed by atoms with van der Waals surface area (Å²) < 4.78 is 11.6. The van der Waals surface area contributed by atoms with Crippen LogP contribution < -0.4 is 4.90 Å². The van der Waals surface area contributed by atoms with Crippen LogP contribution in [0.2, 0.25) is 0 Å². The average molecular weight is 330 g/mol. The first kappa shape index (κ1) is 16.1. The third-order valence-corrected chi connectivity index (χ3v) is 5.57. The molecule has 4 rings (SSSR count). The number of carbonyl (C=O) groups is 1. The van der Waals surface area contributed by atoms with Gasteiger partial charge in [-0.15, -0.1) is 0 Å². The maximum Gasteiger partial charge on any atom is 0.244 e. The first-order valence-electron chi connectivity index (χ1n) is 9.07. The van der Waals surface area contributed by atoms with Gasteiger partial charge in [-0.2, -0.15) is 0 Å². The van der Waals surface area contributed by atoms with Crippen LogP contribution in [0.25, 0.3) is 0 Å². The average Bonchev–Trinajstić information content (AvgIpc) is 3.05. The highest BCUT2D eigenvalue weighted by Gasteiger charge is 2.43. The summed E-state index contributed by atoms with van der Waals surface area (Å²) in [5, 5.41) is 0. The predicted molar refractivity (Wildman–Crippen MR) is 92.0 cm³/mol. The van der Waals surface area contributed by atoms with E-state index in [1.54, 1.807) is 0 Å². The van der Waals surface area contributed by atoms with Crippen molar-refractivity contribution >= 4 is 11.6 Å². The minimum Gasteiger partial charge on any atom is -0.347 e. The van der Waals surface area contributed by atoms with E-state index in [0.29, 0.717) is 13.2 Å². The number of nitrogens with zero attached hydrogens (tertiary/aromatic N) is 2. The summed E-state index contributed by atoms with van der Waals surface area (Å²) in [5.41, 5.74) is 2.24. The standard InChI is InChI=1S/C19H26N2O3/c1-15-4-6-16(7-5-15)21-10-2-3-17(18(21)22)20-11-8-19(9-12-20)23-13-14-24-19/h4-7,17H,2-3,8-14H2,1H3/t17-/m0/s1. The summed E-state index contributed by atoms with van der Waals surface area (Å²) in [4.78, 5) is 17.3. The lowest BCUT2D eigenvalue weighted by molar-refractivity contribution is -0.188. The Morgan fingerprint density at radius 1 is 1.04 bits per heavy atom. The maximum atomic E-state index is 13.0. The number of aryl methyl sites for hydroxylation is 1. The van der Waals surface area contributed by atoms with Crippen molar-refractivity contribution in [1.82, 2.24) is 4.90 Å². The van der Waals surface area contributed by atoms with Gasteiger partial charge in [0.2, 0.25) is 5.91 Å². The van der Waals surface area contributed by atoms with E-state index in [0.717, 1.165) is 51.0 Å². The molecule has 3 heterocycles. The van der Waals surface area contributed by atoms with Gasteiger partial charge in [-0.1, -0.05) is 17.7 Å². The van der Waals surface area contributed by atoms with Crippen LogP contribution >= 0.6 is 0 Å². The van der Waals surface area contributed by atoms with Crippen LogP contribution in [-0.2, 0) is 14.3 Å². The number of hydrogen-bond donors (Lipinski definition) is 0. The van der Waals surface area contributed by atoms with Crippen LogP contribution in [0, 0.1) is 6.92 Å². The van der Waals surface area contributed by atoms with Crippen molar-refractivity contribution in [3.63, 3.8) is 0 Å². The monoisotopic (exact) mass is 330 g/mol. The zero-order valence-electron chi connectivity index (χ0n) is 14.4. The smallest absolute Gasteiger partial charge is 0.244 e. The molecule has 1 amide bonds. The van der Waals surface area contributed by atoms with E-state index in [1.807, 2.05) is 4.90 Å². The summed E-state index contributed by atoms with van der Waals surface area (Å²) in [7, 11) is 0. The molecule has 1 atom stereocenters. The molecule has 0 aliphatic carbocycles. The molecule has 3 aliphatic heterocycles. The van der Waals surface area contributed by atoms with Gasteiger partial charge in [0, 0.05) is 38.2 Å². The lowest BCUT2D eigenvalue weighted by Crippen LogP contribution is -2.56. The summed E-state index contributed by atoms with van der Waals surface area (Å²) in [6.07, 6.45) is 3.73. The van der Waals surface area contributed by atoms with Gasteiger partial charge in [0.25, 0.3) is 0 Å². The molecule has 1 aromatic carbocycles. The van der Waals surface area contributed by atoms with Crippen molar-refractivity contribution in [2.45, 2.75) is 44.4 Å². The highest BCUT2D eigenvalue weighted by molar-refractivity contribution is 5.97. The maximum absolute atomic E-state index is 13.0. The Morgan fingerprint density at radius 2 is 1.71 bits per heavy atom. The molecule has 5 nitrogen and oxygen atoms in total. The lowest BCUT2D eigenvalue weighted by atomic mass is 9.97.